The van der Waals surface area contributed by atoms with Gasteiger partial charge in [0.05, 0.1) is 22.6 Å². The summed E-state index contributed by atoms with van der Waals surface area (Å²) in [4.78, 5) is 25.3. The molecule has 0 saturated carbocycles. The summed E-state index contributed by atoms with van der Waals surface area (Å²) < 4.78 is 11.6. The molecule has 34 heavy (non-hydrogen) atoms. The van der Waals surface area contributed by atoms with Gasteiger partial charge in [-0.15, -0.1) is 0 Å². The van der Waals surface area contributed by atoms with Crippen LogP contribution in [0.5, 0.6) is 11.5 Å². The van der Waals surface area contributed by atoms with Crippen molar-refractivity contribution in [1.29, 1.82) is 0 Å². The summed E-state index contributed by atoms with van der Waals surface area (Å²) in [6.07, 6.45) is 1.69. The highest BCUT2D eigenvalue weighted by atomic mass is 35.5. The van der Waals surface area contributed by atoms with E-state index in [0.29, 0.717) is 37.0 Å². The first-order chi connectivity index (χ1) is 16.4. The number of nitrogens with zero attached hydrogens (tertiary/aromatic N) is 2. The van der Waals surface area contributed by atoms with Crippen LogP contribution in [0.4, 0.5) is 11.4 Å². The van der Waals surface area contributed by atoms with E-state index in [1.807, 2.05) is 18.2 Å². The van der Waals surface area contributed by atoms with Gasteiger partial charge in [-0.05, 0) is 35.9 Å². The third-order valence-electron chi connectivity index (χ3n) is 4.92. The largest absolute Gasteiger partial charge is 0.493 e. The molecule has 3 aromatic carbocycles. The second-order valence-electron chi connectivity index (χ2n) is 7.08. The van der Waals surface area contributed by atoms with Crippen molar-refractivity contribution in [2.75, 3.05) is 12.0 Å². The number of anilines is 1. The van der Waals surface area contributed by atoms with Gasteiger partial charge in [0.25, 0.3) is 11.6 Å². The lowest BCUT2D eigenvalue weighted by Gasteiger charge is -2.14. The number of amides is 1. The molecule has 0 radical (unpaired) electrons. The zero-order valence-corrected chi connectivity index (χ0v) is 20.2. The van der Waals surface area contributed by atoms with Crippen molar-refractivity contribution in [1.82, 2.24) is 0 Å². The van der Waals surface area contributed by atoms with Crippen molar-refractivity contribution in [2.24, 2.45) is 0 Å². The summed E-state index contributed by atoms with van der Waals surface area (Å²) in [7, 11) is 1.53. The van der Waals surface area contributed by atoms with Crippen LogP contribution in [0.25, 0.3) is 6.08 Å². The second-order valence-corrected chi connectivity index (χ2v) is 9.17. The lowest BCUT2D eigenvalue weighted by Crippen LogP contribution is -2.27. The van der Waals surface area contributed by atoms with Gasteiger partial charge in [0.15, 0.2) is 15.8 Å². The smallest absolute Gasteiger partial charge is 0.271 e. The number of methoxy groups -OCH3 is 1. The first-order valence-electron chi connectivity index (χ1n) is 9.94. The van der Waals surface area contributed by atoms with Crippen molar-refractivity contribution in [3.63, 3.8) is 0 Å². The number of nitro benzene ring substituents is 1. The monoisotopic (exact) mass is 512 g/mol. The Morgan fingerprint density at radius 3 is 2.65 bits per heavy atom. The molecule has 0 atom stereocenters. The molecule has 10 heteroatoms. The highest BCUT2D eigenvalue weighted by molar-refractivity contribution is 8.27. The van der Waals surface area contributed by atoms with Gasteiger partial charge < -0.3 is 9.47 Å². The Labute approximate surface area is 210 Å². The zero-order valence-electron chi connectivity index (χ0n) is 17.8. The molecule has 1 saturated heterocycles. The van der Waals surface area contributed by atoms with Gasteiger partial charge in [-0.1, -0.05) is 65.9 Å². The molecule has 0 aromatic heterocycles. The van der Waals surface area contributed by atoms with E-state index in [9.17, 15) is 14.9 Å². The average molecular weight is 513 g/mol. The molecule has 0 unspecified atom stereocenters. The normalized spacial score (nSPS) is 14.5. The van der Waals surface area contributed by atoms with Crippen molar-refractivity contribution in [3.05, 3.63) is 97.9 Å². The van der Waals surface area contributed by atoms with Crippen molar-refractivity contribution < 1.29 is 19.2 Å². The molecular weight excluding hydrogens is 496 g/mol. The van der Waals surface area contributed by atoms with Crippen LogP contribution in [0.1, 0.15) is 11.1 Å². The highest BCUT2D eigenvalue weighted by Gasteiger charge is 2.34. The number of carbonyl (C=O) groups excluding carboxylic acids is 1. The minimum Gasteiger partial charge on any atom is -0.493 e. The van der Waals surface area contributed by atoms with E-state index in [4.69, 9.17) is 33.3 Å². The van der Waals surface area contributed by atoms with Gasteiger partial charge in [0, 0.05) is 22.7 Å². The lowest BCUT2D eigenvalue weighted by atomic mass is 10.1. The molecule has 0 N–H and O–H groups in total. The number of hydrogen-bond donors (Lipinski definition) is 0. The molecule has 1 heterocycles. The van der Waals surface area contributed by atoms with Gasteiger partial charge >= 0.3 is 0 Å². The zero-order chi connectivity index (χ0) is 24.2. The molecule has 0 spiro atoms. The molecular formula is C24H17ClN2O5S2. The quantitative estimate of drug-likeness (QED) is 0.160. The summed E-state index contributed by atoms with van der Waals surface area (Å²) >= 11 is 12.7. The maximum Gasteiger partial charge on any atom is 0.271 e. The van der Waals surface area contributed by atoms with Crippen LogP contribution in [0.3, 0.4) is 0 Å². The van der Waals surface area contributed by atoms with E-state index in [1.165, 1.54) is 30.2 Å². The molecule has 1 aliphatic rings. The van der Waals surface area contributed by atoms with Crippen LogP contribution in [0.15, 0.2) is 71.6 Å². The Balaban J connectivity index is 1.55. The minimum atomic E-state index is -0.515. The number of rotatable bonds is 7. The first kappa shape index (κ1) is 23.7. The number of benzene rings is 3. The molecule has 7 nitrogen and oxygen atoms in total. The van der Waals surface area contributed by atoms with Crippen LogP contribution in [0.2, 0.25) is 5.02 Å². The van der Waals surface area contributed by atoms with Crippen molar-refractivity contribution >= 4 is 63.3 Å². The number of thioether (sulfide) groups is 1. The van der Waals surface area contributed by atoms with Gasteiger partial charge in [0.1, 0.15) is 6.61 Å². The van der Waals surface area contributed by atoms with E-state index in [-0.39, 0.29) is 18.2 Å². The van der Waals surface area contributed by atoms with Crippen molar-refractivity contribution in [3.8, 4) is 11.5 Å². The SMILES string of the molecule is COc1cc(/C=C2\SC(=S)N(c3cccc([N+](=O)[O-])c3)C2=O)ccc1OCc1ccccc1Cl. The second kappa shape index (κ2) is 10.3. The number of hydrogen-bond acceptors (Lipinski definition) is 7. The Morgan fingerprint density at radius 1 is 1.12 bits per heavy atom. The summed E-state index contributed by atoms with van der Waals surface area (Å²) in [5, 5.41) is 11.7. The summed E-state index contributed by atoms with van der Waals surface area (Å²) in [5.74, 6) is 0.673. The summed E-state index contributed by atoms with van der Waals surface area (Å²) in [6, 6.07) is 18.5. The molecule has 0 bridgehead atoms. The number of nitro groups is 1. The number of thiocarbonyl (C=S) groups is 1. The topological polar surface area (TPSA) is 81.9 Å². The van der Waals surface area contributed by atoms with E-state index < -0.39 is 4.92 Å². The van der Waals surface area contributed by atoms with Gasteiger partial charge in [-0.3, -0.25) is 19.8 Å². The van der Waals surface area contributed by atoms with Crippen LogP contribution in [-0.4, -0.2) is 22.3 Å². The maximum atomic E-state index is 13.0. The van der Waals surface area contributed by atoms with Gasteiger partial charge in [-0.2, -0.15) is 0 Å². The van der Waals surface area contributed by atoms with Gasteiger partial charge in [0.2, 0.25) is 0 Å². The van der Waals surface area contributed by atoms with E-state index in [1.54, 1.807) is 36.4 Å². The predicted octanol–water partition coefficient (Wildman–Crippen LogP) is 6.24. The van der Waals surface area contributed by atoms with Crippen molar-refractivity contribution in [2.45, 2.75) is 6.61 Å². The third-order valence-corrected chi connectivity index (χ3v) is 6.59. The fourth-order valence-corrected chi connectivity index (χ4v) is 4.74. The van der Waals surface area contributed by atoms with E-state index >= 15 is 0 Å². The molecule has 172 valence electrons. The minimum absolute atomic E-state index is 0.118. The maximum absolute atomic E-state index is 13.0. The molecule has 0 aliphatic carbocycles. The fraction of sp³-hybridized carbons (Fsp3) is 0.0833. The predicted molar refractivity (Wildman–Crippen MR) is 138 cm³/mol. The number of non-ortho nitro benzene ring substituents is 1. The Hall–Kier alpha value is -3.40. The molecule has 1 fully saturated rings. The average Bonchev–Trinajstić information content (AvgIpc) is 3.11. The standard InChI is InChI=1S/C24H17ClN2O5S2/c1-31-21-11-15(9-10-20(21)32-14-16-5-2-3-8-19(16)25)12-22-23(28)26(24(33)34-22)17-6-4-7-18(13-17)27(29)30/h2-13H,14H2,1H3/b22-12-. The summed E-state index contributed by atoms with van der Waals surface area (Å²) in [5.41, 5.74) is 1.79. The highest BCUT2D eigenvalue weighted by Crippen LogP contribution is 2.38. The molecule has 1 amide bonds. The number of carbonyl (C=O) groups is 1. The Morgan fingerprint density at radius 2 is 1.91 bits per heavy atom. The first-order valence-corrected chi connectivity index (χ1v) is 11.5. The fourth-order valence-electron chi connectivity index (χ4n) is 3.25. The van der Waals surface area contributed by atoms with Gasteiger partial charge in [-0.25, -0.2) is 0 Å². The number of halogens is 1. The van der Waals surface area contributed by atoms with Crippen LogP contribution in [-0.2, 0) is 11.4 Å². The van der Waals surface area contributed by atoms with E-state index in [0.717, 1.165) is 17.3 Å². The van der Waals surface area contributed by atoms with Crippen LogP contribution >= 0.6 is 35.6 Å². The number of ether oxygens (including phenoxy) is 2. The van der Waals surface area contributed by atoms with E-state index in [2.05, 4.69) is 0 Å². The summed E-state index contributed by atoms with van der Waals surface area (Å²) in [6.45, 7) is 0.275. The molecule has 3 aromatic rings. The lowest BCUT2D eigenvalue weighted by molar-refractivity contribution is -0.384. The third kappa shape index (κ3) is 5.06. The molecule has 1 aliphatic heterocycles. The van der Waals surface area contributed by atoms with Crippen LogP contribution < -0.4 is 14.4 Å². The molecule has 4 rings (SSSR count). The Kier molecular flexibility index (Phi) is 7.16. The Bertz CT molecular complexity index is 1330. The van der Waals surface area contributed by atoms with Crippen LogP contribution in [0, 0.1) is 10.1 Å².